The Morgan fingerprint density at radius 2 is 1.83 bits per heavy atom. The molecule has 0 fully saturated rings. The molecular weight excluding hydrogens is 304 g/mol. The minimum atomic E-state index is 0.431. The second-order valence-electron chi connectivity index (χ2n) is 5.14. The molecule has 4 aromatic rings. The highest BCUT2D eigenvalue weighted by Crippen LogP contribution is 2.24. The van der Waals surface area contributed by atoms with Crippen molar-refractivity contribution in [3.8, 4) is 28.7 Å². The van der Waals surface area contributed by atoms with Gasteiger partial charge in [-0.2, -0.15) is 4.98 Å². The van der Waals surface area contributed by atoms with Crippen LogP contribution in [0.2, 0.25) is 0 Å². The van der Waals surface area contributed by atoms with E-state index in [1.807, 2.05) is 49.4 Å². The molecule has 0 bridgehead atoms. The third-order valence-electron chi connectivity index (χ3n) is 3.66. The van der Waals surface area contributed by atoms with Crippen molar-refractivity contribution in [3.63, 3.8) is 0 Å². The highest BCUT2D eigenvalue weighted by Gasteiger charge is 2.19. The summed E-state index contributed by atoms with van der Waals surface area (Å²) in [6.07, 6.45) is 4.11. The lowest BCUT2D eigenvalue weighted by atomic mass is 10.2. The smallest absolute Gasteiger partial charge is 0.258 e. The van der Waals surface area contributed by atoms with Crippen LogP contribution in [0.5, 0.6) is 0 Å². The van der Waals surface area contributed by atoms with E-state index in [9.17, 15) is 0 Å². The van der Waals surface area contributed by atoms with Crippen LogP contribution in [0.1, 0.15) is 12.6 Å². The van der Waals surface area contributed by atoms with Gasteiger partial charge in [0.15, 0.2) is 5.69 Å². The Hall–Kier alpha value is -3.35. The van der Waals surface area contributed by atoms with E-state index in [1.54, 1.807) is 17.1 Å². The SMILES string of the molecule is CCc1c(-c2noc(-c3ccncc3)n2)nnn1-c1ccccc1. The van der Waals surface area contributed by atoms with Crippen molar-refractivity contribution in [1.82, 2.24) is 30.1 Å². The first kappa shape index (κ1) is 14.3. The molecule has 0 saturated carbocycles. The van der Waals surface area contributed by atoms with Gasteiger partial charge in [-0.25, -0.2) is 4.68 Å². The molecule has 3 aromatic heterocycles. The van der Waals surface area contributed by atoms with Crippen molar-refractivity contribution in [2.24, 2.45) is 0 Å². The Kier molecular flexibility index (Phi) is 3.59. The Bertz CT molecular complexity index is 946. The van der Waals surface area contributed by atoms with Crippen molar-refractivity contribution in [2.75, 3.05) is 0 Å². The minimum absolute atomic E-state index is 0.431. The van der Waals surface area contributed by atoms with Crippen LogP contribution in [0.3, 0.4) is 0 Å². The molecule has 0 aliphatic rings. The minimum Gasteiger partial charge on any atom is -0.334 e. The second kappa shape index (κ2) is 6.04. The van der Waals surface area contributed by atoms with Gasteiger partial charge < -0.3 is 4.52 Å². The Balaban J connectivity index is 1.76. The highest BCUT2D eigenvalue weighted by atomic mass is 16.5. The fourth-order valence-corrected chi connectivity index (χ4v) is 2.50. The van der Waals surface area contributed by atoms with E-state index >= 15 is 0 Å². The summed E-state index contributed by atoms with van der Waals surface area (Å²) in [7, 11) is 0. The quantitative estimate of drug-likeness (QED) is 0.575. The third kappa shape index (κ3) is 2.45. The molecule has 24 heavy (non-hydrogen) atoms. The maximum atomic E-state index is 5.35. The second-order valence-corrected chi connectivity index (χ2v) is 5.14. The molecule has 0 amide bonds. The molecule has 0 N–H and O–H groups in total. The summed E-state index contributed by atoms with van der Waals surface area (Å²) in [5, 5.41) is 12.6. The molecule has 3 heterocycles. The van der Waals surface area contributed by atoms with Gasteiger partial charge in [-0.1, -0.05) is 35.5 Å². The van der Waals surface area contributed by atoms with Gasteiger partial charge in [-0.15, -0.1) is 5.10 Å². The molecule has 0 radical (unpaired) electrons. The number of nitrogens with zero attached hydrogens (tertiary/aromatic N) is 6. The van der Waals surface area contributed by atoms with Crippen molar-refractivity contribution >= 4 is 0 Å². The average Bonchev–Trinajstić information content (AvgIpc) is 3.30. The summed E-state index contributed by atoms with van der Waals surface area (Å²) in [6.45, 7) is 2.05. The summed E-state index contributed by atoms with van der Waals surface area (Å²) < 4.78 is 7.16. The first-order chi connectivity index (χ1) is 11.9. The molecule has 0 spiro atoms. The summed E-state index contributed by atoms with van der Waals surface area (Å²) in [6, 6.07) is 13.5. The van der Waals surface area contributed by atoms with E-state index in [1.165, 1.54) is 0 Å². The number of hydrogen-bond acceptors (Lipinski definition) is 6. The number of hydrogen-bond donors (Lipinski definition) is 0. The molecule has 1 aromatic carbocycles. The standard InChI is InChI=1S/C17H14N6O/c1-2-14-15(20-22-23(14)13-6-4-3-5-7-13)16-19-17(24-21-16)12-8-10-18-11-9-12/h3-11H,2H2,1H3. The maximum Gasteiger partial charge on any atom is 0.258 e. The van der Waals surface area contributed by atoms with Gasteiger partial charge in [0.2, 0.25) is 5.82 Å². The Morgan fingerprint density at radius 1 is 1.04 bits per heavy atom. The number of pyridine rings is 1. The summed E-state index contributed by atoms with van der Waals surface area (Å²) in [5.41, 5.74) is 3.33. The van der Waals surface area contributed by atoms with E-state index < -0.39 is 0 Å². The van der Waals surface area contributed by atoms with Crippen LogP contribution in [0.25, 0.3) is 28.7 Å². The van der Waals surface area contributed by atoms with Gasteiger partial charge in [-0.05, 0) is 30.7 Å². The molecule has 0 unspecified atom stereocenters. The molecule has 0 atom stereocenters. The monoisotopic (exact) mass is 318 g/mol. The van der Waals surface area contributed by atoms with Crippen LogP contribution in [0, 0.1) is 0 Å². The highest BCUT2D eigenvalue weighted by molar-refractivity contribution is 5.58. The topological polar surface area (TPSA) is 82.5 Å². The van der Waals surface area contributed by atoms with Crippen LogP contribution in [-0.4, -0.2) is 30.1 Å². The van der Waals surface area contributed by atoms with Gasteiger partial charge in [-0.3, -0.25) is 4.98 Å². The zero-order valence-corrected chi connectivity index (χ0v) is 13.0. The first-order valence-corrected chi connectivity index (χ1v) is 7.61. The number of para-hydroxylation sites is 1. The van der Waals surface area contributed by atoms with Crippen molar-refractivity contribution < 1.29 is 4.52 Å². The van der Waals surface area contributed by atoms with E-state index in [-0.39, 0.29) is 0 Å². The number of aromatic nitrogens is 6. The molecule has 7 nitrogen and oxygen atoms in total. The Labute approximate surface area is 138 Å². The predicted molar refractivity (Wildman–Crippen MR) is 87.3 cm³/mol. The van der Waals surface area contributed by atoms with Crippen molar-refractivity contribution in [3.05, 3.63) is 60.6 Å². The molecule has 7 heteroatoms. The fourth-order valence-electron chi connectivity index (χ4n) is 2.50. The van der Waals surface area contributed by atoms with Crippen LogP contribution in [-0.2, 0) is 6.42 Å². The van der Waals surface area contributed by atoms with E-state index in [2.05, 4.69) is 25.4 Å². The van der Waals surface area contributed by atoms with Gasteiger partial charge in [0, 0.05) is 18.0 Å². The largest absolute Gasteiger partial charge is 0.334 e. The van der Waals surface area contributed by atoms with Gasteiger partial charge >= 0.3 is 0 Å². The van der Waals surface area contributed by atoms with Crippen LogP contribution in [0.4, 0.5) is 0 Å². The van der Waals surface area contributed by atoms with E-state index in [4.69, 9.17) is 4.52 Å². The van der Waals surface area contributed by atoms with Crippen LogP contribution < -0.4 is 0 Å². The summed E-state index contributed by atoms with van der Waals surface area (Å²) >= 11 is 0. The normalized spacial score (nSPS) is 10.9. The first-order valence-electron chi connectivity index (χ1n) is 7.61. The molecule has 4 rings (SSSR count). The fraction of sp³-hybridized carbons (Fsp3) is 0.118. The summed E-state index contributed by atoms with van der Waals surface area (Å²) in [4.78, 5) is 8.43. The zero-order valence-electron chi connectivity index (χ0n) is 13.0. The van der Waals surface area contributed by atoms with Crippen LogP contribution >= 0.6 is 0 Å². The van der Waals surface area contributed by atoms with Gasteiger partial charge in [0.05, 0.1) is 11.4 Å². The van der Waals surface area contributed by atoms with Crippen molar-refractivity contribution in [2.45, 2.75) is 13.3 Å². The van der Waals surface area contributed by atoms with Gasteiger partial charge in [0.25, 0.3) is 5.89 Å². The lowest BCUT2D eigenvalue weighted by Gasteiger charge is -2.04. The molecular formula is C17H14N6O. The summed E-state index contributed by atoms with van der Waals surface area (Å²) in [5.74, 6) is 0.865. The number of rotatable bonds is 4. The Morgan fingerprint density at radius 3 is 2.58 bits per heavy atom. The molecule has 0 aliphatic carbocycles. The average molecular weight is 318 g/mol. The van der Waals surface area contributed by atoms with E-state index in [0.29, 0.717) is 17.4 Å². The molecule has 118 valence electrons. The van der Waals surface area contributed by atoms with Gasteiger partial charge in [0.1, 0.15) is 0 Å². The number of benzene rings is 1. The third-order valence-corrected chi connectivity index (χ3v) is 3.66. The zero-order chi connectivity index (χ0) is 16.4. The van der Waals surface area contributed by atoms with E-state index in [0.717, 1.165) is 23.4 Å². The lowest BCUT2D eigenvalue weighted by Crippen LogP contribution is -2.01. The maximum absolute atomic E-state index is 5.35. The predicted octanol–water partition coefficient (Wildman–Crippen LogP) is 2.94. The molecule has 0 aliphatic heterocycles. The molecule has 0 saturated heterocycles. The lowest BCUT2D eigenvalue weighted by molar-refractivity contribution is 0.432. The van der Waals surface area contributed by atoms with Crippen LogP contribution in [0.15, 0.2) is 59.4 Å². The van der Waals surface area contributed by atoms with Crippen molar-refractivity contribution in [1.29, 1.82) is 0 Å².